The molecule has 13 heavy (non-hydrogen) atoms. The zero-order valence-electron chi connectivity index (χ0n) is 7.06. The maximum atomic E-state index is 13.0. The summed E-state index contributed by atoms with van der Waals surface area (Å²) in [5.41, 5.74) is 0.911. The van der Waals surface area contributed by atoms with Crippen molar-refractivity contribution in [1.29, 1.82) is 0 Å². The lowest BCUT2D eigenvalue weighted by molar-refractivity contribution is -0.118. The molecule has 2 rings (SSSR count). The average molecular weight is 181 g/mol. The van der Waals surface area contributed by atoms with Gasteiger partial charge in [0.15, 0.2) is 6.61 Å². The summed E-state index contributed by atoms with van der Waals surface area (Å²) >= 11 is 0. The molecule has 0 bridgehead atoms. The molecule has 1 heterocycles. The molecule has 1 aromatic carbocycles. The fourth-order valence-electron chi connectivity index (χ4n) is 1.20. The Bertz CT molecular complexity index is 376. The van der Waals surface area contributed by atoms with Gasteiger partial charge in [0.05, 0.1) is 5.69 Å². The number of hydrogen-bond donors (Lipinski definition) is 1. The summed E-state index contributed by atoms with van der Waals surface area (Å²) in [6.07, 6.45) is 0. The first-order valence-electron chi connectivity index (χ1n) is 3.89. The number of halogens is 1. The molecular formula is C9H8FNO2. The molecule has 0 unspecified atom stereocenters. The third kappa shape index (κ3) is 1.35. The molecule has 0 saturated carbocycles. The molecule has 4 heteroatoms. The van der Waals surface area contributed by atoms with E-state index >= 15 is 0 Å². The smallest absolute Gasteiger partial charge is 0.262 e. The highest BCUT2D eigenvalue weighted by molar-refractivity contribution is 5.95. The quantitative estimate of drug-likeness (QED) is 0.658. The van der Waals surface area contributed by atoms with E-state index in [1.807, 2.05) is 0 Å². The van der Waals surface area contributed by atoms with Crippen LogP contribution in [0.25, 0.3) is 0 Å². The summed E-state index contributed by atoms with van der Waals surface area (Å²) in [5, 5.41) is 2.52. The lowest BCUT2D eigenvalue weighted by Gasteiger charge is -2.18. The first-order chi connectivity index (χ1) is 6.16. The molecule has 1 amide bonds. The standard InChI is InChI=1S/C9H8FNO2/c1-5-2-8-7(3-6(5)10)11-9(12)4-13-8/h2-3H,4H2,1H3,(H,11,12). The molecule has 0 radical (unpaired) electrons. The van der Waals surface area contributed by atoms with Crippen molar-refractivity contribution in [3.8, 4) is 5.75 Å². The summed E-state index contributed by atoms with van der Waals surface area (Å²) in [7, 11) is 0. The monoisotopic (exact) mass is 181 g/mol. The van der Waals surface area contributed by atoms with Crippen LogP contribution in [0.2, 0.25) is 0 Å². The fourth-order valence-corrected chi connectivity index (χ4v) is 1.20. The van der Waals surface area contributed by atoms with Crippen LogP contribution < -0.4 is 10.1 Å². The Hall–Kier alpha value is -1.58. The van der Waals surface area contributed by atoms with Crippen LogP contribution in [0.15, 0.2) is 12.1 Å². The third-order valence-electron chi connectivity index (χ3n) is 1.89. The highest BCUT2D eigenvalue weighted by atomic mass is 19.1. The summed E-state index contributed by atoms with van der Waals surface area (Å²) < 4.78 is 18.1. The normalized spacial score (nSPS) is 14.5. The number of amides is 1. The van der Waals surface area contributed by atoms with Crippen molar-refractivity contribution in [2.45, 2.75) is 6.92 Å². The second-order valence-corrected chi connectivity index (χ2v) is 2.93. The Morgan fingerprint density at radius 3 is 3.08 bits per heavy atom. The lowest BCUT2D eigenvalue weighted by atomic mass is 10.2. The summed E-state index contributed by atoms with van der Waals surface area (Å²) in [4.78, 5) is 10.9. The van der Waals surface area contributed by atoms with E-state index in [1.54, 1.807) is 13.0 Å². The van der Waals surface area contributed by atoms with Gasteiger partial charge in [-0.25, -0.2) is 4.39 Å². The molecule has 0 spiro atoms. The predicted molar refractivity (Wildman–Crippen MR) is 45.3 cm³/mol. The van der Waals surface area contributed by atoms with Crippen LogP contribution in [0.3, 0.4) is 0 Å². The van der Waals surface area contributed by atoms with Crippen LogP contribution in [0.1, 0.15) is 5.56 Å². The molecule has 1 N–H and O–H groups in total. The fraction of sp³-hybridized carbons (Fsp3) is 0.222. The van der Waals surface area contributed by atoms with Gasteiger partial charge in [-0.3, -0.25) is 4.79 Å². The molecule has 0 aromatic heterocycles. The minimum Gasteiger partial charge on any atom is -0.482 e. The second-order valence-electron chi connectivity index (χ2n) is 2.93. The van der Waals surface area contributed by atoms with Crippen LogP contribution in [-0.2, 0) is 4.79 Å². The second kappa shape index (κ2) is 2.73. The minimum absolute atomic E-state index is 0.00191. The van der Waals surface area contributed by atoms with Crippen LogP contribution in [0.5, 0.6) is 5.75 Å². The van der Waals surface area contributed by atoms with Gasteiger partial charge in [-0.05, 0) is 18.6 Å². The van der Waals surface area contributed by atoms with Gasteiger partial charge < -0.3 is 10.1 Å². The molecule has 1 aromatic rings. The van der Waals surface area contributed by atoms with E-state index < -0.39 is 0 Å². The van der Waals surface area contributed by atoms with Gasteiger partial charge in [0, 0.05) is 6.07 Å². The Labute approximate surface area is 74.5 Å². The van der Waals surface area contributed by atoms with Gasteiger partial charge in [0.1, 0.15) is 11.6 Å². The van der Waals surface area contributed by atoms with Crippen molar-refractivity contribution >= 4 is 11.6 Å². The molecular weight excluding hydrogens is 173 g/mol. The van der Waals surface area contributed by atoms with Crippen LogP contribution in [0.4, 0.5) is 10.1 Å². The van der Waals surface area contributed by atoms with Crippen molar-refractivity contribution < 1.29 is 13.9 Å². The Balaban J connectivity index is 2.49. The summed E-state index contributed by atoms with van der Waals surface area (Å²) in [6, 6.07) is 2.84. The van der Waals surface area contributed by atoms with E-state index in [1.165, 1.54) is 6.07 Å². The van der Waals surface area contributed by atoms with Crippen molar-refractivity contribution in [2.24, 2.45) is 0 Å². The van der Waals surface area contributed by atoms with Gasteiger partial charge in [0.25, 0.3) is 5.91 Å². The van der Waals surface area contributed by atoms with Crippen LogP contribution in [-0.4, -0.2) is 12.5 Å². The maximum Gasteiger partial charge on any atom is 0.262 e. The number of aryl methyl sites for hydroxylation is 1. The summed E-state index contributed by atoms with van der Waals surface area (Å²) in [6.45, 7) is 1.65. The number of benzene rings is 1. The molecule has 0 saturated heterocycles. The zero-order chi connectivity index (χ0) is 9.42. The summed E-state index contributed by atoms with van der Waals surface area (Å²) in [5.74, 6) is -0.0706. The lowest BCUT2D eigenvalue weighted by Crippen LogP contribution is -2.25. The van der Waals surface area contributed by atoms with Gasteiger partial charge in [0.2, 0.25) is 0 Å². The minimum atomic E-state index is -0.343. The molecule has 1 aliphatic heterocycles. The van der Waals surface area contributed by atoms with Gasteiger partial charge in [-0.1, -0.05) is 0 Å². The number of nitrogens with one attached hydrogen (secondary N) is 1. The highest BCUT2D eigenvalue weighted by Gasteiger charge is 2.17. The van der Waals surface area contributed by atoms with Crippen molar-refractivity contribution in [1.82, 2.24) is 0 Å². The van der Waals surface area contributed by atoms with Crippen molar-refractivity contribution in [3.63, 3.8) is 0 Å². The first kappa shape index (κ1) is 8.04. The Morgan fingerprint density at radius 1 is 1.54 bits per heavy atom. The SMILES string of the molecule is Cc1cc2c(cc1F)NC(=O)CO2. The van der Waals surface area contributed by atoms with E-state index in [0.717, 1.165) is 0 Å². The number of carbonyl (C=O) groups is 1. The van der Waals surface area contributed by atoms with Crippen molar-refractivity contribution in [2.75, 3.05) is 11.9 Å². The molecule has 0 aliphatic carbocycles. The van der Waals surface area contributed by atoms with E-state index in [2.05, 4.69) is 5.32 Å². The number of hydrogen-bond acceptors (Lipinski definition) is 2. The first-order valence-corrected chi connectivity index (χ1v) is 3.89. The van der Waals surface area contributed by atoms with Gasteiger partial charge in [-0.15, -0.1) is 0 Å². The molecule has 0 atom stereocenters. The zero-order valence-corrected chi connectivity index (χ0v) is 7.06. The number of carbonyl (C=O) groups excluding carboxylic acids is 1. The average Bonchev–Trinajstić information content (AvgIpc) is 2.08. The molecule has 68 valence electrons. The maximum absolute atomic E-state index is 13.0. The van der Waals surface area contributed by atoms with E-state index in [9.17, 15) is 9.18 Å². The number of ether oxygens (including phenoxy) is 1. The van der Waals surface area contributed by atoms with Gasteiger partial charge >= 0.3 is 0 Å². The Morgan fingerprint density at radius 2 is 2.31 bits per heavy atom. The van der Waals surface area contributed by atoms with Gasteiger partial charge in [-0.2, -0.15) is 0 Å². The largest absolute Gasteiger partial charge is 0.482 e. The van der Waals surface area contributed by atoms with Crippen LogP contribution in [0, 0.1) is 12.7 Å². The number of anilines is 1. The molecule has 0 fully saturated rings. The number of fused-ring (bicyclic) bond motifs is 1. The Kier molecular flexibility index (Phi) is 1.69. The van der Waals surface area contributed by atoms with E-state index in [0.29, 0.717) is 17.0 Å². The predicted octanol–water partition coefficient (Wildman–Crippen LogP) is 1.47. The number of rotatable bonds is 0. The molecule has 3 nitrogen and oxygen atoms in total. The van der Waals surface area contributed by atoms with E-state index in [4.69, 9.17) is 4.74 Å². The van der Waals surface area contributed by atoms with Crippen LogP contribution >= 0.6 is 0 Å². The topological polar surface area (TPSA) is 38.3 Å². The third-order valence-corrected chi connectivity index (χ3v) is 1.89. The highest BCUT2D eigenvalue weighted by Crippen LogP contribution is 2.29. The molecule has 1 aliphatic rings. The van der Waals surface area contributed by atoms with E-state index in [-0.39, 0.29) is 18.3 Å². The van der Waals surface area contributed by atoms with Crippen molar-refractivity contribution in [3.05, 3.63) is 23.5 Å².